The van der Waals surface area contributed by atoms with E-state index in [2.05, 4.69) is 50.6 Å². The summed E-state index contributed by atoms with van der Waals surface area (Å²) in [6.07, 6.45) is 0.920. The zero-order chi connectivity index (χ0) is 12.3. The maximum atomic E-state index is 6.06. The van der Waals surface area contributed by atoms with Crippen LogP contribution in [0.5, 0.6) is 0 Å². The van der Waals surface area contributed by atoms with E-state index in [1.165, 1.54) is 5.56 Å². The fourth-order valence-electron chi connectivity index (χ4n) is 1.70. The molecule has 0 saturated heterocycles. The van der Waals surface area contributed by atoms with Gasteiger partial charge in [0.1, 0.15) is 0 Å². The number of thiazole rings is 1. The summed E-state index contributed by atoms with van der Waals surface area (Å²) in [7, 11) is 0. The average Bonchev–Trinajstić information content (AvgIpc) is 2.73. The number of aromatic nitrogens is 1. The lowest BCUT2D eigenvalue weighted by Crippen LogP contribution is -2.04. The largest absolute Gasteiger partial charge is 0.247 e. The minimum Gasteiger partial charge on any atom is -0.247 e. The molecule has 4 heteroatoms. The van der Waals surface area contributed by atoms with Crippen LogP contribution in [-0.4, -0.2) is 10.9 Å². The van der Waals surface area contributed by atoms with Crippen LogP contribution in [0.15, 0.2) is 34.1 Å². The summed E-state index contributed by atoms with van der Waals surface area (Å²) in [4.78, 5) is 4.49. The van der Waals surface area contributed by atoms with Crippen molar-refractivity contribution in [3.05, 3.63) is 50.4 Å². The molecule has 1 aromatic heterocycles. The van der Waals surface area contributed by atoms with E-state index in [9.17, 15) is 0 Å². The highest BCUT2D eigenvalue weighted by Gasteiger charge is 2.13. The summed E-state index contributed by atoms with van der Waals surface area (Å²) < 4.78 is 1.10. The maximum absolute atomic E-state index is 6.06. The van der Waals surface area contributed by atoms with Crippen molar-refractivity contribution >= 4 is 38.9 Å². The number of hydrogen-bond acceptors (Lipinski definition) is 2. The Kier molecular flexibility index (Phi) is 4.60. The van der Waals surface area contributed by atoms with E-state index < -0.39 is 0 Å². The number of aryl methyl sites for hydroxylation is 1. The molecule has 17 heavy (non-hydrogen) atoms. The van der Waals surface area contributed by atoms with Crippen molar-refractivity contribution in [2.24, 2.45) is 0 Å². The molecule has 1 unspecified atom stereocenters. The average molecular weight is 331 g/mol. The summed E-state index contributed by atoms with van der Waals surface area (Å²) >= 11 is 11.2. The van der Waals surface area contributed by atoms with E-state index in [0.29, 0.717) is 11.8 Å². The number of alkyl halides is 1. The quantitative estimate of drug-likeness (QED) is 0.735. The van der Waals surface area contributed by atoms with E-state index in [1.807, 2.05) is 6.92 Å². The van der Waals surface area contributed by atoms with Crippen molar-refractivity contribution in [3.63, 3.8) is 0 Å². The van der Waals surface area contributed by atoms with Crippen molar-refractivity contribution in [2.45, 2.75) is 19.3 Å². The molecular formula is C13H13BrClNS. The Hall–Kier alpha value is -0.380. The molecule has 1 atom stereocenters. The van der Waals surface area contributed by atoms with Crippen molar-refractivity contribution in [1.82, 2.24) is 4.98 Å². The predicted octanol–water partition coefficient (Wildman–Crippen LogP) is 4.78. The standard InChI is InChI=1S/C13H13BrClNS/c1-9-8-17-13(16-9)6-11(7-15)10-2-4-12(14)5-3-10/h2-5,8,11H,6-7H2,1H3. The Bertz CT molecular complexity index is 480. The highest BCUT2D eigenvalue weighted by atomic mass is 79.9. The molecule has 1 nitrogen and oxygen atoms in total. The molecular weight excluding hydrogens is 318 g/mol. The van der Waals surface area contributed by atoms with Crippen LogP contribution in [-0.2, 0) is 6.42 Å². The van der Waals surface area contributed by atoms with Gasteiger partial charge in [-0.15, -0.1) is 22.9 Å². The molecule has 1 aromatic carbocycles. The molecule has 90 valence electrons. The van der Waals surface area contributed by atoms with Crippen LogP contribution in [0, 0.1) is 6.92 Å². The molecule has 0 aliphatic rings. The first kappa shape index (κ1) is 13.1. The van der Waals surface area contributed by atoms with E-state index in [0.717, 1.165) is 21.6 Å². The first-order chi connectivity index (χ1) is 8.19. The minimum absolute atomic E-state index is 0.343. The highest BCUT2D eigenvalue weighted by Crippen LogP contribution is 2.25. The molecule has 0 amide bonds. The van der Waals surface area contributed by atoms with Gasteiger partial charge in [0.05, 0.1) is 5.01 Å². The predicted molar refractivity (Wildman–Crippen MR) is 78.2 cm³/mol. The normalized spacial score (nSPS) is 12.6. The van der Waals surface area contributed by atoms with Gasteiger partial charge in [-0.1, -0.05) is 28.1 Å². The van der Waals surface area contributed by atoms with Gasteiger partial charge in [-0.3, -0.25) is 0 Å². The Morgan fingerprint density at radius 3 is 2.59 bits per heavy atom. The van der Waals surface area contributed by atoms with Crippen LogP contribution in [0.2, 0.25) is 0 Å². The molecule has 0 fully saturated rings. The summed E-state index contributed by atoms with van der Waals surface area (Å²) in [5, 5.41) is 3.25. The Morgan fingerprint density at radius 2 is 2.06 bits per heavy atom. The molecule has 0 aliphatic heterocycles. The van der Waals surface area contributed by atoms with Gasteiger partial charge in [0.25, 0.3) is 0 Å². The van der Waals surface area contributed by atoms with Crippen LogP contribution >= 0.6 is 38.9 Å². The molecule has 1 heterocycles. The molecule has 2 aromatic rings. The summed E-state index contributed by atoms with van der Waals surface area (Å²) in [6.45, 7) is 2.02. The van der Waals surface area contributed by atoms with E-state index in [4.69, 9.17) is 11.6 Å². The van der Waals surface area contributed by atoms with Gasteiger partial charge in [-0.2, -0.15) is 0 Å². The lowest BCUT2D eigenvalue weighted by Gasteiger charge is -2.12. The molecule has 0 spiro atoms. The fourth-order valence-corrected chi connectivity index (χ4v) is 3.11. The van der Waals surface area contributed by atoms with Crippen molar-refractivity contribution in [3.8, 4) is 0 Å². The number of hydrogen-bond donors (Lipinski definition) is 0. The third kappa shape index (κ3) is 3.54. The summed E-state index contributed by atoms with van der Waals surface area (Å²) in [5.41, 5.74) is 2.37. The van der Waals surface area contributed by atoms with Gasteiger partial charge in [-0.05, 0) is 24.6 Å². The SMILES string of the molecule is Cc1csc(CC(CCl)c2ccc(Br)cc2)n1. The zero-order valence-electron chi connectivity index (χ0n) is 9.49. The van der Waals surface area contributed by atoms with Gasteiger partial charge in [-0.25, -0.2) is 4.98 Å². The Balaban J connectivity index is 2.13. The molecule has 2 rings (SSSR count). The Morgan fingerprint density at radius 1 is 1.35 bits per heavy atom. The molecule has 0 radical (unpaired) electrons. The van der Waals surface area contributed by atoms with E-state index in [-0.39, 0.29) is 0 Å². The van der Waals surface area contributed by atoms with E-state index >= 15 is 0 Å². The third-order valence-corrected chi connectivity index (χ3v) is 4.51. The second-order valence-electron chi connectivity index (χ2n) is 3.99. The van der Waals surface area contributed by atoms with Crippen molar-refractivity contribution < 1.29 is 0 Å². The van der Waals surface area contributed by atoms with Gasteiger partial charge < -0.3 is 0 Å². The second-order valence-corrected chi connectivity index (χ2v) is 6.16. The molecule has 0 saturated carbocycles. The number of nitrogens with zero attached hydrogens (tertiary/aromatic N) is 1. The molecule has 0 N–H and O–H groups in total. The lowest BCUT2D eigenvalue weighted by atomic mass is 9.98. The van der Waals surface area contributed by atoms with Crippen molar-refractivity contribution in [2.75, 3.05) is 5.88 Å². The smallest absolute Gasteiger partial charge is 0.0934 e. The summed E-state index contributed by atoms with van der Waals surface area (Å²) in [6, 6.07) is 8.36. The second kappa shape index (κ2) is 5.98. The monoisotopic (exact) mass is 329 g/mol. The lowest BCUT2D eigenvalue weighted by molar-refractivity contribution is 0.759. The van der Waals surface area contributed by atoms with Gasteiger partial charge in [0.15, 0.2) is 0 Å². The van der Waals surface area contributed by atoms with Gasteiger partial charge in [0, 0.05) is 33.8 Å². The van der Waals surface area contributed by atoms with Gasteiger partial charge in [0.2, 0.25) is 0 Å². The third-order valence-electron chi connectivity index (χ3n) is 2.62. The maximum Gasteiger partial charge on any atom is 0.0934 e. The number of rotatable bonds is 4. The number of benzene rings is 1. The first-order valence-corrected chi connectivity index (χ1v) is 7.62. The van der Waals surface area contributed by atoms with Crippen LogP contribution in [0.3, 0.4) is 0 Å². The first-order valence-electron chi connectivity index (χ1n) is 5.41. The van der Waals surface area contributed by atoms with Gasteiger partial charge >= 0.3 is 0 Å². The topological polar surface area (TPSA) is 12.9 Å². The highest BCUT2D eigenvalue weighted by molar-refractivity contribution is 9.10. The fraction of sp³-hybridized carbons (Fsp3) is 0.308. The summed E-state index contributed by atoms with van der Waals surface area (Å²) in [5.74, 6) is 0.968. The van der Waals surface area contributed by atoms with Crippen LogP contribution in [0.25, 0.3) is 0 Å². The van der Waals surface area contributed by atoms with Crippen LogP contribution in [0.4, 0.5) is 0 Å². The minimum atomic E-state index is 0.343. The number of halogens is 2. The molecule has 0 aliphatic carbocycles. The van der Waals surface area contributed by atoms with Crippen molar-refractivity contribution in [1.29, 1.82) is 0 Å². The van der Waals surface area contributed by atoms with Crippen LogP contribution in [0.1, 0.15) is 22.2 Å². The zero-order valence-corrected chi connectivity index (χ0v) is 12.6. The Labute approximate surface area is 119 Å². The van der Waals surface area contributed by atoms with Crippen LogP contribution < -0.4 is 0 Å². The van der Waals surface area contributed by atoms with E-state index in [1.54, 1.807) is 11.3 Å². The molecule has 0 bridgehead atoms.